The molecule has 0 atom stereocenters. The van der Waals surface area contributed by atoms with E-state index >= 15 is 0 Å². The van der Waals surface area contributed by atoms with Gasteiger partial charge in [0.1, 0.15) is 7.11 Å². The lowest BCUT2D eigenvalue weighted by Gasteiger charge is -2.02. The Kier molecular flexibility index (Phi) is 3.85. The molecule has 0 spiro atoms. The zero-order chi connectivity index (χ0) is 9.84. The fourth-order valence-corrected chi connectivity index (χ4v) is 1.77. The second-order valence-electron chi connectivity index (χ2n) is 2.16. The maximum absolute atomic E-state index is 5.85. The molecule has 1 rings (SSSR count). The summed E-state index contributed by atoms with van der Waals surface area (Å²) in [5.41, 5.74) is 0.481. The molecule has 0 aliphatic heterocycles. The number of oxime groups is 1. The van der Waals surface area contributed by atoms with Gasteiger partial charge in [0.15, 0.2) is 5.17 Å². The third-order valence-electron chi connectivity index (χ3n) is 1.34. The van der Waals surface area contributed by atoms with E-state index in [1.807, 2.05) is 0 Å². The van der Waals surface area contributed by atoms with Gasteiger partial charge in [0.25, 0.3) is 0 Å². The van der Waals surface area contributed by atoms with E-state index in [0.29, 0.717) is 15.6 Å². The Morgan fingerprint density at radius 3 is 2.31 bits per heavy atom. The van der Waals surface area contributed by atoms with Crippen molar-refractivity contribution in [3.63, 3.8) is 0 Å². The Labute approximate surface area is 91.0 Å². The van der Waals surface area contributed by atoms with Gasteiger partial charge in [-0.25, -0.2) is 0 Å². The van der Waals surface area contributed by atoms with Crippen LogP contribution in [0.15, 0.2) is 23.4 Å². The number of benzene rings is 1. The van der Waals surface area contributed by atoms with E-state index in [1.54, 1.807) is 18.2 Å². The first-order chi connectivity index (χ1) is 6.16. The van der Waals surface area contributed by atoms with Gasteiger partial charge in [-0.2, -0.15) is 0 Å². The molecule has 13 heavy (non-hydrogen) atoms. The van der Waals surface area contributed by atoms with Gasteiger partial charge < -0.3 is 4.84 Å². The van der Waals surface area contributed by atoms with Crippen LogP contribution in [0.25, 0.3) is 0 Å². The van der Waals surface area contributed by atoms with Gasteiger partial charge in [-0.3, -0.25) is 0 Å². The predicted octanol–water partition coefficient (Wildman–Crippen LogP) is 3.54. The Morgan fingerprint density at radius 1 is 1.31 bits per heavy atom. The smallest absolute Gasteiger partial charge is 0.178 e. The standard InChI is InChI=1S/C8H6Cl3NO/c1-13-12-8(11)7-5(9)3-2-4-6(7)10/h2-4H,1H3/b12-8-. The SMILES string of the molecule is CO/N=C(\Cl)c1c(Cl)cccc1Cl. The van der Waals surface area contributed by atoms with Crippen molar-refractivity contribution in [3.05, 3.63) is 33.8 Å². The van der Waals surface area contributed by atoms with Crippen molar-refractivity contribution in [2.45, 2.75) is 0 Å². The number of hydrogen-bond donors (Lipinski definition) is 0. The van der Waals surface area contributed by atoms with E-state index in [-0.39, 0.29) is 5.17 Å². The monoisotopic (exact) mass is 237 g/mol. The number of rotatable bonds is 2. The first-order valence-electron chi connectivity index (χ1n) is 3.38. The van der Waals surface area contributed by atoms with E-state index < -0.39 is 0 Å². The number of nitrogens with zero attached hydrogens (tertiary/aromatic N) is 1. The van der Waals surface area contributed by atoms with Crippen molar-refractivity contribution in [1.29, 1.82) is 0 Å². The molecule has 0 heterocycles. The van der Waals surface area contributed by atoms with Gasteiger partial charge in [0, 0.05) is 0 Å². The molecule has 2 nitrogen and oxygen atoms in total. The van der Waals surface area contributed by atoms with Crippen LogP contribution in [0.1, 0.15) is 5.56 Å². The Morgan fingerprint density at radius 2 is 1.85 bits per heavy atom. The summed E-state index contributed by atoms with van der Waals surface area (Å²) in [7, 11) is 1.40. The number of hydrogen-bond acceptors (Lipinski definition) is 2. The highest BCUT2D eigenvalue weighted by Gasteiger charge is 2.10. The Bertz CT molecular complexity index is 318. The summed E-state index contributed by atoms with van der Waals surface area (Å²) in [6.07, 6.45) is 0. The van der Waals surface area contributed by atoms with Gasteiger partial charge in [-0.05, 0) is 12.1 Å². The molecule has 0 aliphatic rings. The molecule has 0 aliphatic carbocycles. The summed E-state index contributed by atoms with van der Waals surface area (Å²) >= 11 is 17.5. The highest BCUT2D eigenvalue weighted by atomic mass is 35.5. The molecule has 0 saturated carbocycles. The van der Waals surface area contributed by atoms with E-state index in [2.05, 4.69) is 9.99 Å². The molecule has 70 valence electrons. The van der Waals surface area contributed by atoms with Crippen LogP contribution in [0.2, 0.25) is 10.0 Å². The summed E-state index contributed by atoms with van der Waals surface area (Å²) in [6.45, 7) is 0. The molecule has 0 fully saturated rings. The van der Waals surface area contributed by atoms with Crippen molar-refractivity contribution in [2.24, 2.45) is 5.16 Å². The Balaban J connectivity index is 3.20. The van der Waals surface area contributed by atoms with Gasteiger partial charge in [0.05, 0.1) is 15.6 Å². The van der Waals surface area contributed by atoms with Crippen LogP contribution in [0.3, 0.4) is 0 Å². The van der Waals surface area contributed by atoms with Crippen LogP contribution in [0.5, 0.6) is 0 Å². The number of halogens is 3. The summed E-state index contributed by atoms with van der Waals surface area (Å²) in [5, 5.41) is 4.55. The average molecular weight is 239 g/mol. The second kappa shape index (κ2) is 4.70. The van der Waals surface area contributed by atoms with E-state index in [4.69, 9.17) is 34.8 Å². The lowest BCUT2D eigenvalue weighted by molar-refractivity contribution is 0.214. The molecular formula is C8H6Cl3NO. The largest absolute Gasteiger partial charge is 0.398 e. The van der Waals surface area contributed by atoms with Crippen molar-refractivity contribution in [1.82, 2.24) is 0 Å². The average Bonchev–Trinajstić information content (AvgIpc) is 2.04. The van der Waals surface area contributed by atoms with Gasteiger partial charge in [0.2, 0.25) is 0 Å². The minimum atomic E-state index is 0.137. The maximum Gasteiger partial charge on any atom is 0.178 e. The topological polar surface area (TPSA) is 21.6 Å². The molecule has 0 bridgehead atoms. The fourth-order valence-electron chi connectivity index (χ4n) is 0.821. The van der Waals surface area contributed by atoms with E-state index in [1.165, 1.54) is 7.11 Å². The summed E-state index contributed by atoms with van der Waals surface area (Å²) in [4.78, 5) is 4.51. The highest BCUT2D eigenvalue weighted by molar-refractivity contribution is 6.71. The van der Waals surface area contributed by atoms with Crippen LogP contribution < -0.4 is 0 Å². The van der Waals surface area contributed by atoms with Gasteiger partial charge in [-0.15, -0.1) is 0 Å². The third kappa shape index (κ3) is 2.50. The van der Waals surface area contributed by atoms with Crippen LogP contribution in [-0.2, 0) is 4.84 Å². The highest BCUT2D eigenvalue weighted by Crippen LogP contribution is 2.26. The normalized spacial score (nSPS) is 11.5. The molecular weight excluding hydrogens is 232 g/mol. The molecule has 0 amide bonds. The molecule has 0 aromatic heterocycles. The van der Waals surface area contributed by atoms with Crippen molar-refractivity contribution < 1.29 is 4.84 Å². The molecule has 0 N–H and O–H groups in total. The quantitative estimate of drug-likeness (QED) is 0.570. The predicted molar refractivity (Wildman–Crippen MR) is 55.9 cm³/mol. The second-order valence-corrected chi connectivity index (χ2v) is 3.33. The summed E-state index contributed by atoms with van der Waals surface area (Å²) in [6, 6.07) is 5.08. The molecule has 1 aromatic rings. The third-order valence-corrected chi connectivity index (χ3v) is 2.23. The minimum Gasteiger partial charge on any atom is -0.398 e. The van der Waals surface area contributed by atoms with Crippen molar-refractivity contribution in [2.75, 3.05) is 7.11 Å². The molecule has 0 radical (unpaired) electrons. The lowest BCUT2D eigenvalue weighted by Crippen LogP contribution is -1.94. The van der Waals surface area contributed by atoms with Crippen LogP contribution in [-0.4, -0.2) is 12.3 Å². The molecule has 5 heteroatoms. The first-order valence-corrected chi connectivity index (χ1v) is 4.51. The Hall–Kier alpha value is -0.440. The van der Waals surface area contributed by atoms with E-state index in [9.17, 15) is 0 Å². The lowest BCUT2D eigenvalue weighted by atomic mass is 10.2. The van der Waals surface area contributed by atoms with Gasteiger partial charge in [-0.1, -0.05) is 46.0 Å². The molecule has 0 saturated heterocycles. The summed E-state index contributed by atoms with van der Waals surface area (Å²) in [5.74, 6) is 0. The molecule has 1 aromatic carbocycles. The van der Waals surface area contributed by atoms with E-state index in [0.717, 1.165) is 0 Å². The van der Waals surface area contributed by atoms with Crippen LogP contribution in [0.4, 0.5) is 0 Å². The zero-order valence-corrected chi connectivity index (χ0v) is 8.99. The zero-order valence-electron chi connectivity index (χ0n) is 6.72. The van der Waals surface area contributed by atoms with Crippen LogP contribution in [0, 0.1) is 0 Å². The maximum atomic E-state index is 5.85. The van der Waals surface area contributed by atoms with Crippen molar-refractivity contribution in [3.8, 4) is 0 Å². The molecule has 0 unspecified atom stereocenters. The van der Waals surface area contributed by atoms with Crippen LogP contribution >= 0.6 is 34.8 Å². The van der Waals surface area contributed by atoms with Gasteiger partial charge >= 0.3 is 0 Å². The van der Waals surface area contributed by atoms with Crippen molar-refractivity contribution >= 4 is 40.0 Å². The summed E-state index contributed by atoms with van der Waals surface area (Å²) < 4.78 is 0. The minimum absolute atomic E-state index is 0.137. The fraction of sp³-hybridized carbons (Fsp3) is 0.125. The first kappa shape index (κ1) is 10.6.